The van der Waals surface area contributed by atoms with Crippen LogP contribution in [0.3, 0.4) is 0 Å². The van der Waals surface area contributed by atoms with E-state index in [1.807, 2.05) is 0 Å². The molecule has 0 heterocycles. The molecule has 0 N–H and O–H groups in total. The predicted molar refractivity (Wildman–Crippen MR) is 82.8 cm³/mol. The van der Waals surface area contributed by atoms with E-state index in [1.54, 1.807) is 26.0 Å². The van der Waals surface area contributed by atoms with E-state index in [-0.39, 0.29) is 5.75 Å². The third-order valence-electron chi connectivity index (χ3n) is 3.73. The largest absolute Gasteiger partial charge is 0.497 e. The van der Waals surface area contributed by atoms with Crippen molar-refractivity contribution in [2.75, 3.05) is 7.11 Å². The van der Waals surface area contributed by atoms with Crippen molar-refractivity contribution in [2.24, 2.45) is 0 Å². The quantitative estimate of drug-likeness (QED) is 0.625. The molecule has 122 valence electrons. The second-order valence-corrected chi connectivity index (χ2v) is 5.71. The number of benzene rings is 2. The highest BCUT2D eigenvalue weighted by molar-refractivity contribution is 5.69. The highest BCUT2D eigenvalue weighted by Crippen LogP contribution is 2.36. The van der Waals surface area contributed by atoms with Crippen molar-refractivity contribution in [3.05, 3.63) is 59.2 Å². The third-order valence-corrected chi connectivity index (χ3v) is 3.73. The molecule has 0 spiro atoms. The first kappa shape index (κ1) is 16.9. The van der Waals surface area contributed by atoms with Gasteiger partial charge in [-0.3, -0.25) is 4.79 Å². The molecule has 0 aliphatic heterocycles. The van der Waals surface area contributed by atoms with Gasteiger partial charge in [-0.1, -0.05) is 26.0 Å². The van der Waals surface area contributed by atoms with Crippen molar-refractivity contribution in [2.45, 2.75) is 26.2 Å². The summed E-state index contributed by atoms with van der Waals surface area (Å²) in [5.74, 6) is -1.06. The van der Waals surface area contributed by atoms with E-state index in [2.05, 4.69) is 0 Å². The van der Waals surface area contributed by atoms with Crippen molar-refractivity contribution in [3.63, 3.8) is 0 Å². The van der Waals surface area contributed by atoms with Gasteiger partial charge in [0, 0.05) is 24.5 Å². The van der Waals surface area contributed by atoms with E-state index in [1.165, 1.54) is 32.2 Å². The second-order valence-electron chi connectivity index (χ2n) is 5.71. The van der Waals surface area contributed by atoms with Crippen LogP contribution in [0.2, 0.25) is 0 Å². The molecule has 0 fully saturated rings. The highest BCUT2D eigenvalue weighted by Gasteiger charge is 2.29. The predicted octanol–water partition coefficient (Wildman–Crippen LogP) is 4.22. The number of halogens is 2. The van der Waals surface area contributed by atoms with Gasteiger partial charge in [0.25, 0.3) is 0 Å². The fourth-order valence-electron chi connectivity index (χ4n) is 2.51. The van der Waals surface area contributed by atoms with Crippen LogP contribution in [0.4, 0.5) is 8.78 Å². The molecule has 0 radical (unpaired) electrons. The van der Waals surface area contributed by atoms with E-state index in [9.17, 15) is 13.6 Å². The van der Waals surface area contributed by atoms with Gasteiger partial charge >= 0.3 is 5.97 Å². The lowest BCUT2D eigenvalue weighted by Gasteiger charge is -2.27. The van der Waals surface area contributed by atoms with Crippen molar-refractivity contribution in [1.29, 1.82) is 0 Å². The van der Waals surface area contributed by atoms with Gasteiger partial charge in [-0.15, -0.1) is 0 Å². The Labute approximate surface area is 133 Å². The Morgan fingerprint density at radius 3 is 1.87 bits per heavy atom. The molecule has 0 aliphatic rings. The summed E-state index contributed by atoms with van der Waals surface area (Å²) in [6.45, 7) is 4.69. The van der Waals surface area contributed by atoms with Gasteiger partial charge in [-0.05, 0) is 23.3 Å². The standard InChI is InChI=1S/C18H18F2O3/c1-11(21)23-13-6-8-15(17(20)10-13)18(2,3)14-7-5-12(22-4)9-16(14)19/h5-10H,1-4H3. The zero-order chi connectivity index (χ0) is 17.2. The lowest BCUT2D eigenvalue weighted by atomic mass is 9.77. The van der Waals surface area contributed by atoms with Crippen LogP contribution in [-0.4, -0.2) is 13.1 Å². The fraction of sp³-hybridized carbons (Fsp3) is 0.278. The Morgan fingerprint density at radius 2 is 1.43 bits per heavy atom. The number of hydrogen-bond acceptors (Lipinski definition) is 3. The summed E-state index contributed by atoms with van der Waals surface area (Å²) in [7, 11) is 1.45. The summed E-state index contributed by atoms with van der Waals surface area (Å²) in [6.07, 6.45) is 0. The molecule has 0 bridgehead atoms. The maximum atomic E-state index is 14.4. The molecular weight excluding hydrogens is 302 g/mol. The van der Waals surface area contributed by atoms with Crippen LogP contribution in [0, 0.1) is 11.6 Å². The van der Waals surface area contributed by atoms with Crippen molar-refractivity contribution in [3.8, 4) is 11.5 Å². The van der Waals surface area contributed by atoms with Crippen molar-refractivity contribution in [1.82, 2.24) is 0 Å². The van der Waals surface area contributed by atoms with Crippen LogP contribution in [0.15, 0.2) is 36.4 Å². The Kier molecular flexibility index (Phi) is 4.68. The van der Waals surface area contributed by atoms with Gasteiger partial charge in [0.15, 0.2) is 0 Å². The minimum absolute atomic E-state index is 0.116. The van der Waals surface area contributed by atoms with Crippen LogP contribution in [0.1, 0.15) is 31.9 Å². The average Bonchev–Trinajstić information content (AvgIpc) is 2.45. The second kappa shape index (κ2) is 6.36. The zero-order valence-corrected chi connectivity index (χ0v) is 13.4. The number of ether oxygens (including phenoxy) is 2. The number of carbonyl (C=O) groups excluding carboxylic acids is 1. The summed E-state index contributed by atoms with van der Waals surface area (Å²) < 4.78 is 38.6. The minimum atomic E-state index is -0.908. The smallest absolute Gasteiger partial charge is 0.308 e. The van der Waals surface area contributed by atoms with Gasteiger partial charge in [0.1, 0.15) is 23.1 Å². The van der Waals surface area contributed by atoms with E-state index in [0.29, 0.717) is 16.9 Å². The van der Waals surface area contributed by atoms with E-state index >= 15 is 0 Å². The molecule has 0 unspecified atom stereocenters. The summed E-state index contributed by atoms with van der Waals surface area (Å²) >= 11 is 0. The monoisotopic (exact) mass is 320 g/mol. The highest BCUT2D eigenvalue weighted by atomic mass is 19.1. The Hall–Kier alpha value is -2.43. The molecule has 0 aromatic heterocycles. The molecule has 0 saturated heterocycles. The topological polar surface area (TPSA) is 35.5 Å². The Bertz CT molecular complexity index is 739. The first-order valence-electron chi connectivity index (χ1n) is 7.08. The molecule has 3 nitrogen and oxygen atoms in total. The van der Waals surface area contributed by atoms with Crippen LogP contribution >= 0.6 is 0 Å². The lowest BCUT2D eigenvalue weighted by Crippen LogP contribution is -2.22. The molecule has 2 aromatic carbocycles. The molecule has 2 rings (SSSR count). The first-order chi connectivity index (χ1) is 10.8. The number of esters is 1. The summed E-state index contributed by atoms with van der Waals surface area (Å²) in [5, 5.41) is 0. The van der Waals surface area contributed by atoms with Gasteiger partial charge in [0.05, 0.1) is 7.11 Å². The summed E-state index contributed by atoms with van der Waals surface area (Å²) in [6, 6.07) is 8.58. The van der Waals surface area contributed by atoms with Crippen LogP contribution in [-0.2, 0) is 10.2 Å². The number of methoxy groups -OCH3 is 1. The summed E-state index contributed by atoms with van der Waals surface area (Å²) in [4.78, 5) is 10.9. The molecule has 0 aliphatic carbocycles. The van der Waals surface area contributed by atoms with Crippen molar-refractivity contribution < 1.29 is 23.0 Å². The molecule has 0 saturated carbocycles. The first-order valence-corrected chi connectivity index (χ1v) is 7.08. The summed E-state index contributed by atoms with van der Waals surface area (Å²) in [5.41, 5.74) is -0.259. The van der Waals surface area contributed by atoms with Crippen LogP contribution in [0.25, 0.3) is 0 Å². The maximum absolute atomic E-state index is 14.4. The average molecular weight is 320 g/mol. The van der Waals surface area contributed by atoms with Crippen LogP contribution in [0.5, 0.6) is 11.5 Å². The van der Waals surface area contributed by atoms with Crippen molar-refractivity contribution >= 4 is 5.97 Å². The van der Waals surface area contributed by atoms with Gasteiger partial charge < -0.3 is 9.47 Å². The van der Waals surface area contributed by atoms with E-state index in [0.717, 1.165) is 6.07 Å². The normalized spacial score (nSPS) is 11.2. The Morgan fingerprint density at radius 1 is 0.957 bits per heavy atom. The molecule has 0 amide bonds. The molecule has 23 heavy (non-hydrogen) atoms. The fourth-order valence-corrected chi connectivity index (χ4v) is 2.51. The molecule has 0 atom stereocenters. The molecule has 2 aromatic rings. The SMILES string of the molecule is COc1ccc(C(C)(C)c2ccc(OC(C)=O)cc2F)c(F)c1. The van der Waals surface area contributed by atoms with E-state index < -0.39 is 23.0 Å². The minimum Gasteiger partial charge on any atom is -0.497 e. The number of rotatable bonds is 4. The van der Waals surface area contributed by atoms with Gasteiger partial charge in [0.2, 0.25) is 0 Å². The third kappa shape index (κ3) is 3.50. The number of hydrogen-bond donors (Lipinski definition) is 0. The maximum Gasteiger partial charge on any atom is 0.308 e. The molecular formula is C18H18F2O3. The lowest BCUT2D eigenvalue weighted by molar-refractivity contribution is -0.131. The van der Waals surface area contributed by atoms with Gasteiger partial charge in [-0.2, -0.15) is 0 Å². The van der Waals surface area contributed by atoms with E-state index in [4.69, 9.17) is 9.47 Å². The van der Waals surface area contributed by atoms with Gasteiger partial charge in [-0.25, -0.2) is 8.78 Å². The van der Waals surface area contributed by atoms with Crippen LogP contribution < -0.4 is 9.47 Å². The number of carbonyl (C=O) groups is 1. The zero-order valence-electron chi connectivity index (χ0n) is 13.4. The Balaban J connectivity index is 2.45. The molecule has 5 heteroatoms.